The van der Waals surface area contributed by atoms with Crippen LogP contribution in [0.25, 0.3) is 11.0 Å². The highest BCUT2D eigenvalue weighted by Crippen LogP contribution is 2.16. The van der Waals surface area contributed by atoms with Crippen LogP contribution in [0.5, 0.6) is 0 Å². The summed E-state index contributed by atoms with van der Waals surface area (Å²) in [5.41, 5.74) is 4.49. The maximum atomic E-state index is 10.3. The first-order chi connectivity index (χ1) is 10.1. The number of benzene rings is 2. The van der Waals surface area contributed by atoms with E-state index in [4.69, 9.17) is 0 Å². The van der Waals surface area contributed by atoms with E-state index in [1.165, 1.54) is 5.56 Å². The van der Waals surface area contributed by atoms with Crippen LogP contribution in [0.4, 0.5) is 0 Å². The zero-order valence-corrected chi connectivity index (χ0v) is 12.5. The summed E-state index contributed by atoms with van der Waals surface area (Å²) in [6.07, 6.45) is 0.811. The lowest BCUT2D eigenvalue weighted by Gasteiger charge is -2.11. The topological polar surface area (TPSA) is 38.1 Å². The minimum Gasteiger partial charge on any atom is -0.392 e. The number of aromatic nitrogens is 2. The predicted octanol–water partition coefficient (Wildman–Crippen LogP) is 3.03. The van der Waals surface area contributed by atoms with E-state index in [1.807, 2.05) is 25.2 Å². The van der Waals surface area contributed by atoms with E-state index in [0.29, 0.717) is 12.8 Å². The SMILES string of the molecule is Cc1ccc(CC(O)Cc2nc3ccccc3n2C)cc1. The average molecular weight is 280 g/mol. The molecule has 0 aliphatic rings. The van der Waals surface area contributed by atoms with Gasteiger partial charge in [-0.3, -0.25) is 0 Å². The van der Waals surface area contributed by atoms with Crippen LogP contribution in [0.2, 0.25) is 0 Å². The number of nitrogens with zero attached hydrogens (tertiary/aromatic N) is 2. The third-order valence-electron chi connectivity index (χ3n) is 3.89. The van der Waals surface area contributed by atoms with E-state index < -0.39 is 6.10 Å². The zero-order valence-electron chi connectivity index (χ0n) is 12.5. The second-order valence-corrected chi connectivity index (χ2v) is 5.62. The number of hydrogen-bond donors (Lipinski definition) is 1. The average Bonchev–Trinajstić information content (AvgIpc) is 2.78. The van der Waals surface area contributed by atoms with Crippen LogP contribution < -0.4 is 0 Å². The second kappa shape index (κ2) is 5.70. The normalized spacial score (nSPS) is 12.7. The molecule has 3 aromatic rings. The Kier molecular flexibility index (Phi) is 3.76. The lowest BCUT2D eigenvalue weighted by Crippen LogP contribution is -2.16. The van der Waals surface area contributed by atoms with Crippen LogP contribution in [0, 0.1) is 6.92 Å². The minimum atomic E-state index is -0.414. The molecule has 0 bridgehead atoms. The van der Waals surface area contributed by atoms with Gasteiger partial charge in [0.1, 0.15) is 5.82 Å². The van der Waals surface area contributed by atoms with E-state index in [2.05, 4.69) is 46.8 Å². The Bertz CT molecular complexity index is 744. The molecule has 108 valence electrons. The molecule has 0 saturated carbocycles. The van der Waals surface area contributed by atoms with Gasteiger partial charge >= 0.3 is 0 Å². The second-order valence-electron chi connectivity index (χ2n) is 5.62. The third kappa shape index (κ3) is 2.98. The van der Waals surface area contributed by atoms with Gasteiger partial charge in [0.2, 0.25) is 0 Å². The zero-order chi connectivity index (χ0) is 14.8. The monoisotopic (exact) mass is 280 g/mol. The number of aliphatic hydroxyl groups is 1. The molecule has 2 aromatic carbocycles. The Balaban J connectivity index is 1.75. The van der Waals surface area contributed by atoms with Crippen molar-refractivity contribution in [3.63, 3.8) is 0 Å². The first-order valence-corrected chi connectivity index (χ1v) is 7.27. The largest absolute Gasteiger partial charge is 0.392 e. The standard InChI is InChI=1S/C18H20N2O/c1-13-7-9-14(10-8-13)11-15(21)12-18-19-16-5-3-4-6-17(16)20(18)2/h3-10,15,21H,11-12H2,1-2H3. The molecule has 0 aliphatic heterocycles. The first-order valence-electron chi connectivity index (χ1n) is 7.27. The van der Waals surface area contributed by atoms with Crippen molar-refractivity contribution in [3.8, 4) is 0 Å². The summed E-state index contributed by atoms with van der Waals surface area (Å²) in [4.78, 5) is 4.61. The van der Waals surface area contributed by atoms with Gasteiger partial charge in [0.15, 0.2) is 0 Å². The van der Waals surface area contributed by atoms with E-state index in [0.717, 1.165) is 22.4 Å². The Morgan fingerprint density at radius 2 is 1.76 bits per heavy atom. The molecular weight excluding hydrogens is 260 g/mol. The summed E-state index contributed by atoms with van der Waals surface area (Å²) in [7, 11) is 2.00. The molecule has 0 fully saturated rings. The minimum absolute atomic E-state index is 0.414. The van der Waals surface area contributed by atoms with E-state index in [-0.39, 0.29) is 0 Å². The van der Waals surface area contributed by atoms with Gasteiger partial charge < -0.3 is 9.67 Å². The maximum Gasteiger partial charge on any atom is 0.112 e. The van der Waals surface area contributed by atoms with Gasteiger partial charge in [0.05, 0.1) is 17.1 Å². The number of aryl methyl sites for hydroxylation is 2. The van der Waals surface area contributed by atoms with Gasteiger partial charge in [0, 0.05) is 13.5 Å². The molecule has 0 radical (unpaired) electrons. The van der Waals surface area contributed by atoms with Crippen molar-refractivity contribution in [1.29, 1.82) is 0 Å². The fourth-order valence-corrected chi connectivity index (χ4v) is 2.66. The highest BCUT2D eigenvalue weighted by atomic mass is 16.3. The molecule has 0 spiro atoms. The molecular formula is C18H20N2O. The molecule has 0 saturated heterocycles. The van der Waals surface area contributed by atoms with Gasteiger partial charge in [0.25, 0.3) is 0 Å². The van der Waals surface area contributed by atoms with Gasteiger partial charge in [-0.25, -0.2) is 4.98 Å². The quantitative estimate of drug-likeness (QED) is 0.797. The van der Waals surface area contributed by atoms with Crippen LogP contribution in [-0.4, -0.2) is 20.8 Å². The Labute approximate surface area is 124 Å². The molecule has 3 heteroatoms. The van der Waals surface area contributed by atoms with E-state index in [1.54, 1.807) is 0 Å². The van der Waals surface area contributed by atoms with Gasteiger partial charge in [-0.05, 0) is 31.0 Å². The van der Waals surface area contributed by atoms with Crippen molar-refractivity contribution in [2.24, 2.45) is 7.05 Å². The summed E-state index contributed by atoms with van der Waals surface area (Å²) in [6, 6.07) is 16.4. The van der Waals surface area contributed by atoms with Gasteiger partial charge in [-0.1, -0.05) is 42.0 Å². The molecule has 3 nitrogen and oxygen atoms in total. The fourth-order valence-electron chi connectivity index (χ4n) is 2.66. The molecule has 3 rings (SSSR count). The number of hydrogen-bond acceptors (Lipinski definition) is 2. The summed E-state index contributed by atoms with van der Waals surface area (Å²) in [6.45, 7) is 2.07. The van der Waals surface area contributed by atoms with Crippen LogP contribution in [0.15, 0.2) is 48.5 Å². The Morgan fingerprint density at radius 1 is 1.05 bits per heavy atom. The van der Waals surface area contributed by atoms with Gasteiger partial charge in [-0.2, -0.15) is 0 Å². The summed E-state index contributed by atoms with van der Waals surface area (Å²) in [5, 5.41) is 10.3. The Morgan fingerprint density at radius 3 is 2.48 bits per heavy atom. The van der Waals surface area contributed by atoms with Crippen LogP contribution in [0.1, 0.15) is 17.0 Å². The number of imidazole rings is 1. The van der Waals surface area contributed by atoms with Crippen molar-refractivity contribution in [3.05, 3.63) is 65.5 Å². The van der Waals surface area contributed by atoms with Crippen molar-refractivity contribution in [2.75, 3.05) is 0 Å². The van der Waals surface area contributed by atoms with Crippen LogP contribution in [0.3, 0.4) is 0 Å². The molecule has 21 heavy (non-hydrogen) atoms. The first kappa shape index (κ1) is 13.8. The molecule has 1 N–H and O–H groups in total. The highest BCUT2D eigenvalue weighted by molar-refractivity contribution is 5.75. The van der Waals surface area contributed by atoms with Gasteiger partial charge in [-0.15, -0.1) is 0 Å². The number of aliphatic hydroxyl groups excluding tert-OH is 1. The van der Waals surface area contributed by atoms with Crippen molar-refractivity contribution < 1.29 is 5.11 Å². The molecule has 1 aromatic heterocycles. The number of rotatable bonds is 4. The van der Waals surface area contributed by atoms with Crippen molar-refractivity contribution >= 4 is 11.0 Å². The number of fused-ring (bicyclic) bond motifs is 1. The van der Waals surface area contributed by atoms with Crippen molar-refractivity contribution in [2.45, 2.75) is 25.9 Å². The van der Waals surface area contributed by atoms with E-state index in [9.17, 15) is 5.11 Å². The predicted molar refractivity (Wildman–Crippen MR) is 85.3 cm³/mol. The lowest BCUT2D eigenvalue weighted by atomic mass is 10.0. The summed E-state index contributed by atoms with van der Waals surface area (Å²) < 4.78 is 2.06. The van der Waals surface area contributed by atoms with Crippen LogP contribution >= 0.6 is 0 Å². The highest BCUT2D eigenvalue weighted by Gasteiger charge is 2.13. The third-order valence-corrected chi connectivity index (χ3v) is 3.89. The molecule has 1 heterocycles. The molecule has 1 atom stereocenters. The molecule has 1 unspecified atom stereocenters. The number of para-hydroxylation sites is 2. The maximum absolute atomic E-state index is 10.3. The van der Waals surface area contributed by atoms with E-state index >= 15 is 0 Å². The van der Waals surface area contributed by atoms with Crippen LogP contribution in [-0.2, 0) is 19.9 Å². The lowest BCUT2D eigenvalue weighted by molar-refractivity contribution is 0.172. The van der Waals surface area contributed by atoms with Crippen molar-refractivity contribution in [1.82, 2.24) is 9.55 Å². The Hall–Kier alpha value is -2.13. The molecule has 0 amide bonds. The smallest absolute Gasteiger partial charge is 0.112 e. The summed E-state index contributed by atoms with van der Waals surface area (Å²) in [5.74, 6) is 0.927. The fraction of sp³-hybridized carbons (Fsp3) is 0.278. The molecule has 0 aliphatic carbocycles. The summed E-state index contributed by atoms with van der Waals surface area (Å²) >= 11 is 0.